The van der Waals surface area contributed by atoms with Gasteiger partial charge in [0.25, 0.3) is 5.91 Å². The lowest BCUT2D eigenvalue weighted by Crippen LogP contribution is -2.38. The van der Waals surface area contributed by atoms with Crippen LogP contribution in [0.1, 0.15) is 27.4 Å². The molecule has 0 saturated carbocycles. The Bertz CT molecular complexity index is 1230. The highest BCUT2D eigenvalue weighted by Gasteiger charge is 2.19. The van der Waals surface area contributed by atoms with E-state index in [2.05, 4.69) is 50.8 Å². The summed E-state index contributed by atoms with van der Waals surface area (Å²) in [5.74, 6) is -0.529. The summed E-state index contributed by atoms with van der Waals surface area (Å²) in [6.45, 7) is 0.344. The van der Waals surface area contributed by atoms with E-state index in [0.29, 0.717) is 12.1 Å². The molecule has 1 aromatic heterocycles. The maximum atomic E-state index is 12.6. The minimum absolute atomic E-state index is 0.0360. The van der Waals surface area contributed by atoms with Crippen molar-refractivity contribution in [2.24, 2.45) is 0 Å². The second-order valence-corrected chi connectivity index (χ2v) is 8.18. The molecule has 6 heteroatoms. The molecule has 0 saturated heterocycles. The number of aromatic nitrogens is 1. The van der Waals surface area contributed by atoms with Crippen LogP contribution in [0.5, 0.6) is 0 Å². The molecule has 33 heavy (non-hydrogen) atoms. The highest BCUT2D eigenvalue weighted by molar-refractivity contribution is 5.96. The van der Waals surface area contributed by atoms with Crippen LogP contribution in [0.2, 0.25) is 0 Å². The van der Waals surface area contributed by atoms with Crippen LogP contribution in [0.3, 0.4) is 0 Å². The van der Waals surface area contributed by atoms with Crippen LogP contribution >= 0.6 is 0 Å². The average Bonchev–Trinajstić information content (AvgIpc) is 3.27. The number of carbonyl (C=O) groups excluding carboxylic acids is 2. The van der Waals surface area contributed by atoms with Gasteiger partial charge in [-0.25, -0.2) is 0 Å². The van der Waals surface area contributed by atoms with E-state index in [1.807, 2.05) is 44.6 Å². The van der Waals surface area contributed by atoms with Gasteiger partial charge < -0.3 is 20.5 Å². The maximum absolute atomic E-state index is 12.6. The van der Waals surface area contributed by atoms with Crippen LogP contribution in [0.25, 0.3) is 10.9 Å². The van der Waals surface area contributed by atoms with Gasteiger partial charge >= 0.3 is 0 Å². The van der Waals surface area contributed by atoms with Crippen LogP contribution in [0.4, 0.5) is 5.69 Å². The fourth-order valence-corrected chi connectivity index (χ4v) is 3.92. The molecular weight excluding hydrogens is 412 g/mol. The SMILES string of the molecule is CN(C)c1ccc([C@@H](CNC(=O)CNC(=O)c2ccccc2)c2c[nH]c3ccccc23)cc1. The van der Waals surface area contributed by atoms with Crippen LogP contribution < -0.4 is 15.5 Å². The Kier molecular flexibility index (Phi) is 6.74. The van der Waals surface area contributed by atoms with Gasteiger partial charge in [-0.1, -0.05) is 48.5 Å². The summed E-state index contributed by atoms with van der Waals surface area (Å²) in [6, 6.07) is 25.4. The van der Waals surface area contributed by atoms with Crippen molar-refractivity contribution < 1.29 is 9.59 Å². The molecule has 0 bridgehead atoms. The molecule has 3 N–H and O–H groups in total. The number of benzene rings is 3. The van der Waals surface area contributed by atoms with Gasteiger partial charge in [0.15, 0.2) is 0 Å². The normalized spacial score (nSPS) is 11.7. The summed E-state index contributed by atoms with van der Waals surface area (Å²) < 4.78 is 0. The largest absolute Gasteiger partial charge is 0.378 e. The third-order valence-electron chi connectivity index (χ3n) is 5.76. The van der Waals surface area contributed by atoms with Crippen molar-refractivity contribution in [3.63, 3.8) is 0 Å². The number of fused-ring (bicyclic) bond motifs is 1. The topological polar surface area (TPSA) is 77.2 Å². The Hall–Kier alpha value is -4.06. The predicted molar refractivity (Wildman–Crippen MR) is 133 cm³/mol. The lowest BCUT2D eigenvalue weighted by Gasteiger charge is -2.20. The number of para-hydroxylation sites is 1. The highest BCUT2D eigenvalue weighted by atomic mass is 16.2. The molecule has 6 nitrogen and oxygen atoms in total. The third-order valence-corrected chi connectivity index (χ3v) is 5.76. The molecule has 0 fully saturated rings. The van der Waals surface area contributed by atoms with Crippen molar-refractivity contribution in [3.05, 3.63) is 102 Å². The summed E-state index contributed by atoms with van der Waals surface area (Å²) in [5.41, 5.74) is 4.94. The van der Waals surface area contributed by atoms with E-state index >= 15 is 0 Å². The Morgan fingerprint density at radius 3 is 2.30 bits per heavy atom. The first-order valence-corrected chi connectivity index (χ1v) is 11.0. The summed E-state index contributed by atoms with van der Waals surface area (Å²) in [5, 5.41) is 6.81. The van der Waals surface area contributed by atoms with Crippen molar-refractivity contribution in [2.45, 2.75) is 5.92 Å². The summed E-state index contributed by atoms with van der Waals surface area (Å²) >= 11 is 0. The molecule has 2 amide bonds. The van der Waals surface area contributed by atoms with E-state index in [0.717, 1.165) is 27.7 Å². The minimum Gasteiger partial charge on any atom is -0.378 e. The van der Waals surface area contributed by atoms with E-state index in [-0.39, 0.29) is 24.3 Å². The second kappa shape index (κ2) is 10.0. The first kappa shape index (κ1) is 22.1. The Labute approximate surface area is 193 Å². The number of H-pyrrole nitrogens is 1. The molecule has 1 atom stereocenters. The molecule has 0 unspecified atom stereocenters. The summed E-state index contributed by atoms with van der Waals surface area (Å²) in [6.07, 6.45) is 2.01. The van der Waals surface area contributed by atoms with E-state index in [4.69, 9.17) is 0 Å². The smallest absolute Gasteiger partial charge is 0.251 e. The predicted octanol–water partition coefficient (Wildman–Crippen LogP) is 3.91. The van der Waals surface area contributed by atoms with Crippen molar-refractivity contribution >= 4 is 28.4 Å². The fraction of sp³-hybridized carbons (Fsp3) is 0.185. The molecule has 4 rings (SSSR count). The number of nitrogens with zero attached hydrogens (tertiary/aromatic N) is 1. The summed E-state index contributed by atoms with van der Waals surface area (Å²) in [4.78, 5) is 30.2. The first-order chi connectivity index (χ1) is 16.0. The number of rotatable bonds is 8. The Morgan fingerprint density at radius 2 is 1.58 bits per heavy atom. The monoisotopic (exact) mass is 440 g/mol. The van der Waals surface area contributed by atoms with Crippen molar-refractivity contribution in [1.29, 1.82) is 0 Å². The van der Waals surface area contributed by atoms with Crippen LogP contribution in [0.15, 0.2) is 85.1 Å². The third kappa shape index (κ3) is 5.23. The maximum Gasteiger partial charge on any atom is 0.251 e. The van der Waals surface area contributed by atoms with E-state index in [1.54, 1.807) is 24.3 Å². The van der Waals surface area contributed by atoms with E-state index in [1.165, 1.54) is 0 Å². The number of carbonyl (C=O) groups is 2. The fourth-order valence-electron chi connectivity index (χ4n) is 3.92. The van der Waals surface area contributed by atoms with Crippen LogP contribution in [-0.4, -0.2) is 44.0 Å². The van der Waals surface area contributed by atoms with E-state index in [9.17, 15) is 9.59 Å². The number of hydrogen-bond acceptors (Lipinski definition) is 3. The number of anilines is 1. The number of nitrogens with one attached hydrogen (secondary N) is 3. The summed E-state index contributed by atoms with van der Waals surface area (Å²) in [7, 11) is 4.02. The standard InChI is InChI=1S/C27H28N4O2/c1-31(2)21-14-12-19(13-15-21)23(24-17-28-25-11-7-6-10-22(24)25)16-29-26(32)18-30-27(33)20-8-4-3-5-9-20/h3-15,17,23,28H,16,18H2,1-2H3,(H,29,32)(H,30,33)/t23-/m1/s1. The average molecular weight is 441 g/mol. The zero-order chi connectivity index (χ0) is 23.2. The lowest BCUT2D eigenvalue weighted by atomic mass is 9.90. The zero-order valence-corrected chi connectivity index (χ0v) is 18.8. The van der Waals surface area contributed by atoms with Gasteiger partial charge in [-0.05, 0) is 41.5 Å². The Balaban J connectivity index is 1.49. The first-order valence-electron chi connectivity index (χ1n) is 11.0. The Morgan fingerprint density at radius 1 is 0.879 bits per heavy atom. The van der Waals surface area contributed by atoms with Crippen molar-refractivity contribution in [2.75, 3.05) is 32.1 Å². The molecule has 3 aromatic carbocycles. The molecule has 0 aliphatic carbocycles. The van der Waals surface area contributed by atoms with Gasteiger partial charge in [-0.2, -0.15) is 0 Å². The van der Waals surface area contributed by atoms with Crippen LogP contribution in [-0.2, 0) is 4.79 Å². The van der Waals surface area contributed by atoms with Gasteiger partial charge in [0, 0.05) is 54.9 Å². The molecule has 0 aliphatic rings. The highest BCUT2D eigenvalue weighted by Crippen LogP contribution is 2.31. The van der Waals surface area contributed by atoms with Gasteiger partial charge in [0.2, 0.25) is 5.91 Å². The van der Waals surface area contributed by atoms with Crippen molar-refractivity contribution in [1.82, 2.24) is 15.6 Å². The van der Waals surface area contributed by atoms with Gasteiger partial charge in [0.1, 0.15) is 0 Å². The van der Waals surface area contributed by atoms with Crippen LogP contribution in [0, 0.1) is 0 Å². The van der Waals surface area contributed by atoms with E-state index < -0.39 is 0 Å². The molecule has 168 valence electrons. The molecule has 0 radical (unpaired) electrons. The molecular formula is C27H28N4O2. The number of aromatic amines is 1. The quantitative estimate of drug-likeness (QED) is 0.389. The van der Waals surface area contributed by atoms with Crippen molar-refractivity contribution in [3.8, 4) is 0 Å². The zero-order valence-electron chi connectivity index (χ0n) is 18.8. The molecule has 0 aliphatic heterocycles. The number of hydrogen-bond donors (Lipinski definition) is 3. The molecule has 4 aromatic rings. The molecule has 0 spiro atoms. The minimum atomic E-state index is -0.266. The molecule has 1 heterocycles. The van der Waals surface area contributed by atoms with Gasteiger partial charge in [0.05, 0.1) is 6.54 Å². The van der Waals surface area contributed by atoms with Gasteiger partial charge in [-0.3, -0.25) is 9.59 Å². The lowest BCUT2D eigenvalue weighted by molar-refractivity contribution is -0.120. The second-order valence-electron chi connectivity index (χ2n) is 8.18. The number of amides is 2. The van der Waals surface area contributed by atoms with Gasteiger partial charge in [-0.15, -0.1) is 0 Å².